The van der Waals surface area contributed by atoms with Gasteiger partial charge >= 0.3 is 0 Å². The van der Waals surface area contributed by atoms with Crippen LogP contribution in [-0.4, -0.2) is 37.4 Å². The van der Waals surface area contributed by atoms with E-state index in [1.54, 1.807) is 6.92 Å². The zero-order valence-electron chi connectivity index (χ0n) is 8.97. The first-order chi connectivity index (χ1) is 7.95. The first-order valence-electron chi connectivity index (χ1n) is 4.69. The SMILES string of the molecule is CCNC(=O)CNS(=O)(=O)c1cnc(Cl)nc1. The number of nitrogens with one attached hydrogen (secondary N) is 2. The lowest BCUT2D eigenvalue weighted by molar-refractivity contribution is -0.119. The van der Waals surface area contributed by atoms with Gasteiger partial charge in [0.1, 0.15) is 4.90 Å². The molecule has 17 heavy (non-hydrogen) atoms. The number of hydrogen-bond acceptors (Lipinski definition) is 5. The van der Waals surface area contributed by atoms with Crippen molar-refractivity contribution in [3.05, 3.63) is 17.7 Å². The van der Waals surface area contributed by atoms with Gasteiger partial charge < -0.3 is 5.32 Å². The van der Waals surface area contributed by atoms with Crippen molar-refractivity contribution in [2.45, 2.75) is 11.8 Å². The molecule has 0 radical (unpaired) electrons. The van der Waals surface area contributed by atoms with Crippen molar-refractivity contribution in [2.24, 2.45) is 0 Å². The van der Waals surface area contributed by atoms with Gasteiger partial charge in [-0.2, -0.15) is 0 Å². The van der Waals surface area contributed by atoms with Crippen molar-refractivity contribution in [1.82, 2.24) is 20.0 Å². The number of nitrogens with zero attached hydrogens (tertiary/aromatic N) is 2. The highest BCUT2D eigenvalue weighted by Crippen LogP contribution is 2.06. The van der Waals surface area contributed by atoms with Crippen LogP contribution < -0.4 is 10.0 Å². The minimum atomic E-state index is -3.78. The fraction of sp³-hybridized carbons (Fsp3) is 0.375. The van der Waals surface area contributed by atoms with Crippen LogP contribution in [-0.2, 0) is 14.8 Å². The maximum atomic E-state index is 11.6. The molecular weight excluding hydrogens is 268 g/mol. The summed E-state index contributed by atoms with van der Waals surface area (Å²) in [4.78, 5) is 18.0. The average molecular weight is 279 g/mol. The highest BCUT2D eigenvalue weighted by molar-refractivity contribution is 7.89. The molecule has 1 aromatic heterocycles. The van der Waals surface area contributed by atoms with E-state index in [4.69, 9.17) is 11.6 Å². The minimum Gasteiger partial charge on any atom is -0.355 e. The van der Waals surface area contributed by atoms with E-state index in [9.17, 15) is 13.2 Å². The lowest BCUT2D eigenvalue weighted by atomic mass is 10.6. The van der Waals surface area contributed by atoms with Crippen LogP contribution >= 0.6 is 11.6 Å². The molecule has 0 aliphatic heterocycles. The summed E-state index contributed by atoms with van der Waals surface area (Å²) in [6, 6.07) is 0. The molecule has 0 saturated carbocycles. The van der Waals surface area contributed by atoms with Gasteiger partial charge in [0.15, 0.2) is 0 Å². The van der Waals surface area contributed by atoms with Crippen LogP contribution in [0.15, 0.2) is 17.3 Å². The molecule has 0 saturated heterocycles. The summed E-state index contributed by atoms with van der Waals surface area (Å²) in [7, 11) is -3.78. The maximum Gasteiger partial charge on any atom is 0.244 e. The molecule has 0 bridgehead atoms. The number of halogens is 1. The molecule has 1 rings (SSSR count). The molecule has 0 aromatic carbocycles. The van der Waals surface area contributed by atoms with Crippen molar-refractivity contribution in [1.29, 1.82) is 0 Å². The summed E-state index contributed by atoms with van der Waals surface area (Å²) in [5, 5.41) is 2.41. The smallest absolute Gasteiger partial charge is 0.244 e. The fourth-order valence-corrected chi connectivity index (χ4v) is 1.91. The van der Waals surface area contributed by atoms with Crippen LogP contribution in [0.4, 0.5) is 0 Å². The zero-order chi connectivity index (χ0) is 12.9. The summed E-state index contributed by atoms with van der Waals surface area (Å²) in [6.45, 7) is 1.84. The van der Waals surface area contributed by atoms with E-state index in [1.165, 1.54) is 0 Å². The average Bonchev–Trinajstić information content (AvgIpc) is 2.28. The summed E-state index contributed by atoms with van der Waals surface area (Å²) >= 11 is 5.43. The quantitative estimate of drug-likeness (QED) is 0.710. The third-order valence-electron chi connectivity index (χ3n) is 1.70. The van der Waals surface area contributed by atoms with Crippen molar-refractivity contribution in [3.8, 4) is 0 Å². The number of sulfonamides is 1. The van der Waals surface area contributed by atoms with Crippen LogP contribution in [0.25, 0.3) is 0 Å². The lowest BCUT2D eigenvalue weighted by Gasteiger charge is -2.05. The number of amides is 1. The molecule has 0 aliphatic carbocycles. The van der Waals surface area contributed by atoms with E-state index in [1.807, 2.05) is 0 Å². The second kappa shape index (κ2) is 5.89. The van der Waals surface area contributed by atoms with Gasteiger partial charge in [-0.15, -0.1) is 0 Å². The van der Waals surface area contributed by atoms with E-state index in [0.29, 0.717) is 6.54 Å². The Bertz CT molecular complexity index is 488. The Morgan fingerprint density at radius 1 is 1.41 bits per heavy atom. The van der Waals surface area contributed by atoms with Gasteiger partial charge in [-0.3, -0.25) is 4.79 Å². The van der Waals surface area contributed by atoms with Gasteiger partial charge in [-0.25, -0.2) is 23.1 Å². The monoisotopic (exact) mass is 278 g/mol. The standard InChI is InChI=1S/C8H11ClN4O3S/c1-2-10-7(14)5-13-17(15,16)6-3-11-8(9)12-4-6/h3-4,13H,2,5H2,1H3,(H,10,14). The topological polar surface area (TPSA) is 101 Å². The van der Waals surface area contributed by atoms with Gasteiger partial charge in [0.05, 0.1) is 18.9 Å². The van der Waals surface area contributed by atoms with E-state index in [0.717, 1.165) is 12.4 Å². The molecule has 2 N–H and O–H groups in total. The number of hydrogen-bond donors (Lipinski definition) is 2. The number of carbonyl (C=O) groups excluding carboxylic acids is 1. The van der Waals surface area contributed by atoms with Crippen molar-refractivity contribution < 1.29 is 13.2 Å². The molecule has 1 aromatic rings. The van der Waals surface area contributed by atoms with E-state index in [-0.39, 0.29) is 16.7 Å². The van der Waals surface area contributed by atoms with Crippen LogP contribution in [0.5, 0.6) is 0 Å². The zero-order valence-corrected chi connectivity index (χ0v) is 10.5. The first kappa shape index (κ1) is 13.8. The molecule has 0 spiro atoms. The lowest BCUT2D eigenvalue weighted by Crippen LogP contribution is -2.36. The highest BCUT2D eigenvalue weighted by Gasteiger charge is 2.16. The Kier molecular flexibility index (Phi) is 4.79. The van der Waals surface area contributed by atoms with Gasteiger partial charge in [0, 0.05) is 6.54 Å². The Morgan fingerprint density at radius 3 is 2.53 bits per heavy atom. The second-order valence-corrected chi connectivity index (χ2v) is 5.07. The Morgan fingerprint density at radius 2 is 2.00 bits per heavy atom. The summed E-state index contributed by atoms with van der Waals surface area (Å²) in [5.74, 6) is -0.411. The van der Waals surface area contributed by atoms with Gasteiger partial charge in [-0.05, 0) is 18.5 Å². The summed E-state index contributed by atoms with van der Waals surface area (Å²) < 4.78 is 25.4. The normalized spacial score (nSPS) is 11.2. The number of aromatic nitrogens is 2. The third-order valence-corrected chi connectivity index (χ3v) is 3.25. The molecule has 0 atom stereocenters. The van der Waals surface area contributed by atoms with E-state index in [2.05, 4.69) is 20.0 Å². The molecule has 0 unspecified atom stereocenters. The van der Waals surface area contributed by atoms with Crippen LogP contribution in [0.2, 0.25) is 5.28 Å². The highest BCUT2D eigenvalue weighted by atomic mass is 35.5. The Hall–Kier alpha value is -1.25. The minimum absolute atomic E-state index is 0.0484. The van der Waals surface area contributed by atoms with E-state index < -0.39 is 15.9 Å². The predicted octanol–water partition coefficient (Wildman–Crippen LogP) is -0.456. The predicted molar refractivity (Wildman–Crippen MR) is 60.9 cm³/mol. The number of carbonyl (C=O) groups is 1. The Balaban J connectivity index is 2.69. The largest absolute Gasteiger partial charge is 0.355 e. The van der Waals surface area contributed by atoms with Gasteiger partial charge in [0.2, 0.25) is 21.2 Å². The Labute approximate surface area is 104 Å². The molecule has 1 amide bonds. The molecule has 7 nitrogen and oxygen atoms in total. The van der Waals surface area contributed by atoms with Crippen molar-refractivity contribution in [2.75, 3.05) is 13.1 Å². The van der Waals surface area contributed by atoms with Crippen LogP contribution in [0.1, 0.15) is 6.92 Å². The third kappa shape index (κ3) is 4.25. The molecule has 0 aliphatic rings. The van der Waals surface area contributed by atoms with E-state index >= 15 is 0 Å². The van der Waals surface area contributed by atoms with Crippen LogP contribution in [0.3, 0.4) is 0 Å². The molecule has 94 valence electrons. The number of rotatable bonds is 5. The fourth-order valence-electron chi connectivity index (χ4n) is 0.943. The van der Waals surface area contributed by atoms with Crippen molar-refractivity contribution >= 4 is 27.5 Å². The summed E-state index contributed by atoms with van der Waals surface area (Å²) in [6.07, 6.45) is 2.13. The first-order valence-corrected chi connectivity index (χ1v) is 6.55. The molecule has 0 fully saturated rings. The maximum absolute atomic E-state index is 11.6. The number of likely N-dealkylation sites (N-methyl/N-ethyl adjacent to an activating group) is 1. The second-order valence-electron chi connectivity index (χ2n) is 2.97. The molecule has 9 heteroatoms. The van der Waals surface area contributed by atoms with Crippen molar-refractivity contribution in [3.63, 3.8) is 0 Å². The molecule has 1 heterocycles. The van der Waals surface area contributed by atoms with Crippen LogP contribution in [0, 0.1) is 0 Å². The summed E-state index contributed by atoms with van der Waals surface area (Å²) in [5.41, 5.74) is 0. The molecular formula is C8H11ClN4O3S. The van der Waals surface area contributed by atoms with Gasteiger partial charge in [0.25, 0.3) is 0 Å². The van der Waals surface area contributed by atoms with Gasteiger partial charge in [-0.1, -0.05) is 0 Å².